The standard InChI is InChI=1S/C61H59N4O/c1-40-31-58(62-38-53(40)42-23-26-44(27-24-42)59(2,3)4)65-54-30-25-43(41-17-12-11-13-18-41)32-52(54)51-29-28-50(37-57(51)65)66-49-20-16-19-47(36-49)63-39-64(56-22-15-14-21-55(56)63)48-34-45(60(5,6)7)33-46(35-48)61(8,9)10/h11-39H,1-10H3/q+1. The number of imidazole rings is 1. The molecule has 0 spiro atoms. The van der Waals surface area contributed by atoms with E-state index in [2.05, 4.69) is 247 Å². The van der Waals surface area contributed by atoms with Gasteiger partial charge in [-0.25, -0.2) is 4.98 Å². The fourth-order valence-corrected chi connectivity index (χ4v) is 9.21. The molecule has 328 valence electrons. The Morgan fingerprint density at radius 1 is 0.485 bits per heavy atom. The molecule has 10 aromatic rings. The quantitative estimate of drug-likeness (QED) is 0.150. The van der Waals surface area contributed by atoms with E-state index in [0.717, 1.165) is 67.1 Å². The fourth-order valence-electron chi connectivity index (χ4n) is 9.21. The predicted molar refractivity (Wildman–Crippen MR) is 275 cm³/mol. The first kappa shape index (κ1) is 42.7. The Balaban J connectivity index is 1.05. The summed E-state index contributed by atoms with van der Waals surface area (Å²) in [7, 11) is 0. The van der Waals surface area contributed by atoms with E-state index in [4.69, 9.17) is 9.72 Å². The Bertz CT molecular complexity index is 3410. The summed E-state index contributed by atoms with van der Waals surface area (Å²) < 4.78 is 13.7. The lowest BCUT2D eigenvalue weighted by atomic mass is 9.80. The van der Waals surface area contributed by atoms with Crippen LogP contribution < -0.4 is 9.30 Å². The van der Waals surface area contributed by atoms with E-state index in [1.54, 1.807) is 0 Å². The van der Waals surface area contributed by atoms with Crippen molar-refractivity contribution in [1.29, 1.82) is 0 Å². The highest BCUT2D eigenvalue weighted by Crippen LogP contribution is 2.39. The summed E-state index contributed by atoms with van der Waals surface area (Å²) in [4.78, 5) is 5.17. The molecule has 0 saturated carbocycles. The predicted octanol–water partition coefficient (Wildman–Crippen LogP) is 15.7. The van der Waals surface area contributed by atoms with E-state index >= 15 is 0 Å². The van der Waals surface area contributed by atoms with Gasteiger partial charge in [-0.2, -0.15) is 9.13 Å². The molecule has 0 radical (unpaired) electrons. The maximum Gasteiger partial charge on any atom is 0.255 e. The minimum absolute atomic E-state index is 0.00253. The summed E-state index contributed by atoms with van der Waals surface area (Å²) in [5.74, 6) is 2.37. The van der Waals surface area contributed by atoms with Crippen LogP contribution in [0.4, 0.5) is 0 Å². The van der Waals surface area contributed by atoms with Crippen LogP contribution in [-0.4, -0.2) is 14.1 Å². The van der Waals surface area contributed by atoms with Gasteiger partial charge in [-0.05, 0) is 129 Å². The number of hydrogen-bond acceptors (Lipinski definition) is 2. The summed E-state index contributed by atoms with van der Waals surface area (Å²) in [5.41, 5.74) is 16.4. The third kappa shape index (κ3) is 7.97. The van der Waals surface area contributed by atoms with Crippen LogP contribution in [-0.2, 0) is 16.2 Å². The molecule has 5 heteroatoms. The maximum absolute atomic E-state index is 6.82. The average molecular weight is 864 g/mol. The molecule has 0 fully saturated rings. The van der Waals surface area contributed by atoms with Crippen LogP contribution in [0.1, 0.15) is 84.6 Å². The molecule has 7 aromatic carbocycles. The van der Waals surface area contributed by atoms with Gasteiger partial charge < -0.3 is 4.74 Å². The van der Waals surface area contributed by atoms with Crippen molar-refractivity contribution in [2.45, 2.75) is 85.5 Å². The third-order valence-electron chi connectivity index (χ3n) is 13.1. The zero-order valence-electron chi connectivity index (χ0n) is 39.9. The normalized spacial score (nSPS) is 12.4. The van der Waals surface area contributed by atoms with Crippen molar-refractivity contribution in [3.05, 3.63) is 199 Å². The first-order chi connectivity index (χ1) is 31.5. The molecule has 66 heavy (non-hydrogen) atoms. The molecule has 3 heterocycles. The van der Waals surface area contributed by atoms with Gasteiger partial charge in [0.1, 0.15) is 28.7 Å². The number of aryl methyl sites for hydroxylation is 1. The Morgan fingerprint density at radius 2 is 1.15 bits per heavy atom. The molecule has 0 unspecified atom stereocenters. The SMILES string of the molecule is Cc1cc(-n2c3ccc(-c4ccccc4)cc3c3ccc(Oc4cccc(-n5c[n+](-c6cc(C(C)(C)C)cc(C(C)(C)C)c6)c6ccccc65)c4)cc32)ncc1-c1ccc(C(C)(C)C)cc1. The average Bonchev–Trinajstić information content (AvgIpc) is 3.84. The van der Waals surface area contributed by atoms with Crippen LogP contribution in [0.15, 0.2) is 176 Å². The van der Waals surface area contributed by atoms with Crippen molar-refractivity contribution < 1.29 is 9.30 Å². The fraction of sp³-hybridized carbons (Fsp3) is 0.213. The number of benzene rings is 7. The molecular weight excluding hydrogens is 805 g/mol. The van der Waals surface area contributed by atoms with Gasteiger partial charge in [-0.15, -0.1) is 0 Å². The maximum atomic E-state index is 6.82. The molecule has 5 nitrogen and oxygen atoms in total. The van der Waals surface area contributed by atoms with Crippen molar-refractivity contribution >= 4 is 32.8 Å². The van der Waals surface area contributed by atoms with Crippen LogP contribution in [0.5, 0.6) is 11.5 Å². The number of para-hydroxylation sites is 2. The second kappa shape index (κ2) is 16.0. The van der Waals surface area contributed by atoms with E-state index in [0.29, 0.717) is 0 Å². The number of rotatable bonds is 7. The first-order valence-corrected chi connectivity index (χ1v) is 23.2. The van der Waals surface area contributed by atoms with Gasteiger partial charge in [-0.3, -0.25) is 4.57 Å². The van der Waals surface area contributed by atoms with Crippen molar-refractivity contribution in [2.75, 3.05) is 0 Å². The highest BCUT2D eigenvalue weighted by molar-refractivity contribution is 6.10. The Morgan fingerprint density at radius 3 is 1.85 bits per heavy atom. The minimum Gasteiger partial charge on any atom is -0.457 e. The van der Waals surface area contributed by atoms with E-state index in [1.807, 2.05) is 12.3 Å². The van der Waals surface area contributed by atoms with Crippen molar-refractivity contribution in [1.82, 2.24) is 14.1 Å². The Labute approximate surface area is 389 Å². The summed E-state index contributed by atoms with van der Waals surface area (Å²) in [6, 6.07) is 59.0. The van der Waals surface area contributed by atoms with Crippen molar-refractivity contribution in [3.63, 3.8) is 0 Å². The van der Waals surface area contributed by atoms with Gasteiger partial charge in [0.05, 0.1) is 11.0 Å². The van der Waals surface area contributed by atoms with Gasteiger partial charge in [0.25, 0.3) is 6.33 Å². The summed E-state index contributed by atoms with van der Waals surface area (Å²) in [6.07, 6.45) is 4.24. The highest BCUT2D eigenvalue weighted by Gasteiger charge is 2.26. The Kier molecular flexibility index (Phi) is 10.4. The van der Waals surface area contributed by atoms with E-state index in [1.165, 1.54) is 38.9 Å². The third-order valence-corrected chi connectivity index (χ3v) is 13.1. The second-order valence-corrected chi connectivity index (χ2v) is 21.0. The number of aromatic nitrogens is 4. The first-order valence-electron chi connectivity index (χ1n) is 23.2. The van der Waals surface area contributed by atoms with Crippen LogP contribution in [0.25, 0.3) is 72.3 Å². The molecule has 0 saturated heterocycles. The lowest BCUT2D eigenvalue weighted by molar-refractivity contribution is -0.567. The smallest absolute Gasteiger partial charge is 0.255 e. The van der Waals surface area contributed by atoms with Gasteiger partial charge >= 0.3 is 0 Å². The van der Waals surface area contributed by atoms with Crippen LogP contribution in [0.2, 0.25) is 0 Å². The molecular formula is C61H59N4O+. The summed E-state index contributed by atoms with van der Waals surface area (Å²) in [6.45, 7) is 22.7. The monoisotopic (exact) mass is 863 g/mol. The lowest BCUT2D eigenvalue weighted by Gasteiger charge is -2.25. The minimum atomic E-state index is 0.00253. The van der Waals surface area contributed by atoms with Crippen LogP contribution in [0, 0.1) is 6.92 Å². The molecule has 0 bridgehead atoms. The van der Waals surface area contributed by atoms with Gasteiger partial charge in [0.15, 0.2) is 11.0 Å². The lowest BCUT2D eigenvalue weighted by Crippen LogP contribution is -2.31. The number of nitrogens with zero attached hydrogens (tertiary/aromatic N) is 4. The number of fused-ring (bicyclic) bond motifs is 4. The molecule has 0 aliphatic heterocycles. The zero-order chi connectivity index (χ0) is 46.1. The van der Waals surface area contributed by atoms with Gasteiger partial charge in [-0.1, -0.05) is 147 Å². The van der Waals surface area contributed by atoms with Gasteiger partial charge in [0, 0.05) is 34.7 Å². The summed E-state index contributed by atoms with van der Waals surface area (Å²) in [5, 5.41) is 2.30. The molecule has 0 amide bonds. The van der Waals surface area contributed by atoms with Crippen LogP contribution in [0.3, 0.4) is 0 Å². The Hall–Kier alpha value is -7.24. The van der Waals surface area contributed by atoms with E-state index in [9.17, 15) is 0 Å². The zero-order valence-corrected chi connectivity index (χ0v) is 39.9. The summed E-state index contributed by atoms with van der Waals surface area (Å²) >= 11 is 0. The number of pyridine rings is 1. The van der Waals surface area contributed by atoms with E-state index < -0.39 is 0 Å². The molecule has 3 aromatic heterocycles. The molecule has 0 aliphatic carbocycles. The molecule has 0 aliphatic rings. The molecule has 0 N–H and O–H groups in total. The molecule has 0 atom stereocenters. The second-order valence-electron chi connectivity index (χ2n) is 21.0. The number of hydrogen-bond donors (Lipinski definition) is 0. The topological polar surface area (TPSA) is 35.9 Å². The van der Waals surface area contributed by atoms with Crippen LogP contribution >= 0.6 is 0 Å². The van der Waals surface area contributed by atoms with E-state index in [-0.39, 0.29) is 16.2 Å². The highest BCUT2D eigenvalue weighted by atomic mass is 16.5. The van der Waals surface area contributed by atoms with Crippen molar-refractivity contribution in [2.24, 2.45) is 0 Å². The molecule has 10 rings (SSSR count). The number of ether oxygens (including phenoxy) is 1. The largest absolute Gasteiger partial charge is 0.457 e. The van der Waals surface area contributed by atoms with Gasteiger partial charge in [0.2, 0.25) is 0 Å². The van der Waals surface area contributed by atoms with Crippen molar-refractivity contribution in [3.8, 4) is 50.9 Å².